The van der Waals surface area contributed by atoms with Crippen LogP contribution in [-0.4, -0.2) is 19.8 Å². The third kappa shape index (κ3) is 4.86. The summed E-state index contributed by atoms with van der Waals surface area (Å²) in [4.78, 5) is 0. The highest BCUT2D eigenvalue weighted by molar-refractivity contribution is 9.10. The zero-order valence-corrected chi connectivity index (χ0v) is 11.1. The van der Waals surface area contributed by atoms with Crippen LogP contribution in [0, 0.1) is 0 Å². The van der Waals surface area contributed by atoms with E-state index in [1.165, 1.54) is 0 Å². The number of unbranched alkanes of at least 4 members (excludes halogenated alkanes) is 1. The Bertz CT molecular complexity index is 318. The van der Waals surface area contributed by atoms with E-state index in [0.29, 0.717) is 24.7 Å². The van der Waals surface area contributed by atoms with Crippen LogP contribution in [-0.2, 0) is 4.74 Å². The van der Waals surface area contributed by atoms with Gasteiger partial charge in [0.25, 0.3) is 0 Å². The fraction of sp³-hybridized carbons (Fsp3) is 0.500. The van der Waals surface area contributed by atoms with Gasteiger partial charge in [-0.1, -0.05) is 29.3 Å². The SMILES string of the molecule is CCCCOCCOc1cc(Br)ccc1N. The molecule has 1 rings (SSSR count). The highest BCUT2D eigenvalue weighted by atomic mass is 79.9. The molecule has 0 fully saturated rings. The number of rotatable bonds is 7. The Morgan fingerprint density at radius 1 is 1.25 bits per heavy atom. The van der Waals surface area contributed by atoms with Gasteiger partial charge in [0.1, 0.15) is 12.4 Å². The molecule has 1 aromatic rings. The molecule has 0 spiro atoms. The van der Waals surface area contributed by atoms with Crippen molar-refractivity contribution >= 4 is 21.6 Å². The molecule has 0 saturated heterocycles. The first-order valence-electron chi connectivity index (χ1n) is 5.49. The van der Waals surface area contributed by atoms with Gasteiger partial charge >= 0.3 is 0 Å². The summed E-state index contributed by atoms with van der Waals surface area (Å²) in [5.74, 6) is 0.702. The highest BCUT2D eigenvalue weighted by Crippen LogP contribution is 2.25. The van der Waals surface area contributed by atoms with Gasteiger partial charge in [0.05, 0.1) is 12.3 Å². The molecule has 0 aromatic heterocycles. The summed E-state index contributed by atoms with van der Waals surface area (Å²) in [7, 11) is 0. The maximum atomic E-state index is 5.77. The molecule has 16 heavy (non-hydrogen) atoms. The van der Waals surface area contributed by atoms with Crippen molar-refractivity contribution in [3.8, 4) is 5.75 Å². The third-order valence-corrected chi connectivity index (χ3v) is 2.60. The molecule has 0 heterocycles. The summed E-state index contributed by atoms with van der Waals surface area (Å²) in [5.41, 5.74) is 6.42. The van der Waals surface area contributed by atoms with E-state index < -0.39 is 0 Å². The molecule has 0 radical (unpaired) electrons. The number of hydrogen-bond acceptors (Lipinski definition) is 3. The number of halogens is 1. The van der Waals surface area contributed by atoms with Gasteiger partial charge in [-0.3, -0.25) is 0 Å². The molecular formula is C12H18BrNO2. The van der Waals surface area contributed by atoms with Crippen molar-refractivity contribution in [1.29, 1.82) is 0 Å². The number of nitrogen functional groups attached to an aromatic ring is 1. The van der Waals surface area contributed by atoms with E-state index >= 15 is 0 Å². The van der Waals surface area contributed by atoms with Gasteiger partial charge in [0.15, 0.2) is 0 Å². The minimum absolute atomic E-state index is 0.532. The first kappa shape index (κ1) is 13.3. The Hall–Kier alpha value is -0.740. The predicted octanol–water partition coefficient (Wildman–Crippen LogP) is 3.23. The van der Waals surface area contributed by atoms with E-state index in [1.807, 2.05) is 18.2 Å². The van der Waals surface area contributed by atoms with Crippen LogP contribution in [0.25, 0.3) is 0 Å². The monoisotopic (exact) mass is 287 g/mol. The van der Waals surface area contributed by atoms with Gasteiger partial charge in [-0.2, -0.15) is 0 Å². The molecule has 0 bridgehead atoms. The van der Waals surface area contributed by atoms with E-state index in [9.17, 15) is 0 Å². The van der Waals surface area contributed by atoms with Crippen molar-refractivity contribution in [3.05, 3.63) is 22.7 Å². The summed E-state index contributed by atoms with van der Waals surface area (Å²) < 4.78 is 11.9. The van der Waals surface area contributed by atoms with Crippen molar-refractivity contribution in [3.63, 3.8) is 0 Å². The lowest BCUT2D eigenvalue weighted by Crippen LogP contribution is -2.08. The molecule has 4 heteroatoms. The van der Waals surface area contributed by atoms with E-state index in [2.05, 4.69) is 22.9 Å². The van der Waals surface area contributed by atoms with E-state index in [4.69, 9.17) is 15.2 Å². The van der Waals surface area contributed by atoms with Crippen molar-refractivity contribution < 1.29 is 9.47 Å². The zero-order chi connectivity index (χ0) is 11.8. The largest absolute Gasteiger partial charge is 0.489 e. The zero-order valence-electron chi connectivity index (χ0n) is 9.54. The molecule has 0 aliphatic rings. The highest BCUT2D eigenvalue weighted by Gasteiger charge is 2.00. The Morgan fingerprint density at radius 3 is 2.81 bits per heavy atom. The lowest BCUT2D eigenvalue weighted by atomic mass is 10.3. The summed E-state index contributed by atoms with van der Waals surface area (Å²) >= 11 is 3.37. The fourth-order valence-electron chi connectivity index (χ4n) is 1.19. The normalized spacial score (nSPS) is 10.4. The number of anilines is 1. The van der Waals surface area contributed by atoms with Gasteiger partial charge < -0.3 is 15.2 Å². The first-order valence-corrected chi connectivity index (χ1v) is 6.29. The van der Waals surface area contributed by atoms with Crippen molar-refractivity contribution in [2.45, 2.75) is 19.8 Å². The number of ether oxygens (including phenoxy) is 2. The van der Waals surface area contributed by atoms with Crippen LogP contribution in [0.3, 0.4) is 0 Å². The molecule has 1 aromatic carbocycles. The predicted molar refractivity (Wildman–Crippen MR) is 69.8 cm³/mol. The Morgan fingerprint density at radius 2 is 2.06 bits per heavy atom. The van der Waals surface area contributed by atoms with Gasteiger partial charge in [-0.05, 0) is 24.6 Å². The van der Waals surface area contributed by atoms with Crippen LogP contribution in [0.5, 0.6) is 5.75 Å². The van der Waals surface area contributed by atoms with Crippen LogP contribution in [0.4, 0.5) is 5.69 Å². The lowest BCUT2D eigenvalue weighted by Gasteiger charge is -2.09. The lowest BCUT2D eigenvalue weighted by molar-refractivity contribution is 0.0983. The average Bonchev–Trinajstić information content (AvgIpc) is 2.28. The Kier molecular flexibility index (Phi) is 6.26. The maximum Gasteiger partial charge on any atom is 0.143 e. The summed E-state index contributed by atoms with van der Waals surface area (Å²) in [5, 5.41) is 0. The second-order valence-electron chi connectivity index (χ2n) is 3.50. The van der Waals surface area contributed by atoms with E-state index in [0.717, 1.165) is 23.9 Å². The summed E-state index contributed by atoms with van der Waals surface area (Å²) in [6, 6.07) is 5.57. The van der Waals surface area contributed by atoms with Crippen LogP contribution < -0.4 is 10.5 Å². The molecule has 0 aliphatic heterocycles. The molecular weight excluding hydrogens is 270 g/mol. The van der Waals surface area contributed by atoms with E-state index in [-0.39, 0.29) is 0 Å². The fourth-order valence-corrected chi connectivity index (χ4v) is 1.53. The Labute approximate surface area is 105 Å². The van der Waals surface area contributed by atoms with Gasteiger partial charge in [0, 0.05) is 11.1 Å². The number of nitrogens with two attached hydrogens (primary N) is 1. The second-order valence-corrected chi connectivity index (χ2v) is 4.41. The standard InChI is InChI=1S/C12H18BrNO2/c1-2-3-6-15-7-8-16-12-9-10(13)4-5-11(12)14/h4-5,9H,2-3,6-8,14H2,1H3. The van der Waals surface area contributed by atoms with Crippen LogP contribution in [0.1, 0.15) is 19.8 Å². The smallest absolute Gasteiger partial charge is 0.143 e. The topological polar surface area (TPSA) is 44.5 Å². The van der Waals surface area contributed by atoms with Crippen LogP contribution >= 0.6 is 15.9 Å². The maximum absolute atomic E-state index is 5.77. The third-order valence-electron chi connectivity index (χ3n) is 2.10. The van der Waals surface area contributed by atoms with Crippen LogP contribution in [0.15, 0.2) is 22.7 Å². The first-order chi connectivity index (χ1) is 7.74. The minimum atomic E-state index is 0.532. The average molecular weight is 288 g/mol. The molecule has 0 saturated carbocycles. The molecule has 0 atom stereocenters. The minimum Gasteiger partial charge on any atom is -0.489 e. The molecule has 0 amide bonds. The van der Waals surface area contributed by atoms with Crippen molar-refractivity contribution in [1.82, 2.24) is 0 Å². The van der Waals surface area contributed by atoms with Gasteiger partial charge in [-0.15, -0.1) is 0 Å². The van der Waals surface area contributed by atoms with E-state index in [1.54, 1.807) is 0 Å². The van der Waals surface area contributed by atoms with Gasteiger partial charge in [-0.25, -0.2) is 0 Å². The number of benzene rings is 1. The second kappa shape index (κ2) is 7.52. The van der Waals surface area contributed by atoms with Gasteiger partial charge in [0.2, 0.25) is 0 Å². The Balaban J connectivity index is 2.23. The molecule has 90 valence electrons. The summed E-state index contributed by atoms with van der Waals surface area (Å²) in [6.07, 6.45) is 2.25. The molecule has 0 aliphatic carbocycles. The van der Waals surface area contributed by atoms with Crippen LogP contribution in [0.2, 0.25) is 0 Å². The molecule has 3 nitrogen and oxygen atoms in total. The molecule has 0 unspecified atom stereocenters. The quantitative estimate of drug-likeness (QED) is 0.619. The van der Waals surface area contributed by atoms with Crippen molar-refractivity contribution in [2.75, 3.05) is 25.6 Å². The molecule has 2 N–H and O–H groups in total. The van der Waals surface area contributed by atoms with Crippen molar-refractivity contribution in [2.24, 2.45) is 0 Å². The summed E-state index contributed by atoms with van der Waals surface area (Å²) in [6.45, 7) is 4.08. The number of hydrogen-bond donors (Lipinski definition) is 1.